The summed E-state index contributed by atoms with van der Waals surface area (Å²) in [5.74, 6) is 1.33. The molecule has 0 aliphatic carbocycles. The number of thiophene rings is 1. The van der Waals surface area contributed by atoms with Crippen LogP contribution in [-0.2, 0) is 24.4 Å². The van der Waals surface area contributed by atoms with Crippen molar-refractivity contribution in [1.29, 1.82) is 0 Å². The highest BCUT2D eigenvalue weighted by Crippen LogP contribution is 2.39. The van der Waals surface area contributed by atoms with Gasteiger partial charge in [-0.2, -0.15) is 0 Å². The van der Waals surface area contributed by atoms with Crippen LogP contribution in [0.4, 0.5) is 11.5 Å². The molecule has 0 radical (unpaired) electrons. The molecular formula is C29H31ClN6O2S. The number of carbonyl (C=O) groups excluding carboxylic acids is 1. The van der Waals surface area contributed by atoms with Crippen molar-refractivity contribution in [2.75, 3.05) is 31.5 Å². The number of carbonyl (C=O) groups is 1. The summed E-state index contributed by atoms with van der Waals surface area (Å²) >= 11 is 8.15. The maximum atomic E-state index is 13.1. The summed E-state index contributed by atoms with van der Waals surface area (Å²) in [5.41, 5.74) is 3.45. The zero-order valence-electron chi connectivity index (χ0n) is 22.1. The standard InChI is InChI=1S/C29H31ClN6O2S/c1-4-35(5-2)15-19(3)29(37)36-13-11-22-25(16-36)39-28-26(22)27(32-18-33-28)34-20-9-10-24(23(30)14-20)38-17-21-8-6-7-12-31-21/h6-10,12,14,18H,3-5,11,13,15-17H2,1-2H3,(H,32,33,34). The molecule has 1 amide bonds. The van der Waals surface area contributed by atoms with Gasteiger partial charge in [-0.15, -0.1) is 11.3 Å². The molecule has 0 unspecified atom stereocenters. The molecule has 1 N–H and O–H groups in total. The minimum Gasteiger partial charge on any atom is -0.486 e. The van der Waals surface area contributed by atoms with Crippen molar-refractivity contribution >= 4 is 50.6 Å². The minimum absolute atomic E-state index is 0.0226. The molecule has 1 aliphatic rings. The van der Waals surface area contributed by atoms with E-state index in [1.165, 1.54) is 5.56 Å². The van der Waals surface area contributed by atoms with Crippen molar-refractivity contribution in [2.24, 2.45) is 0 Å². The zero-order chi connectivity index (χ0) is 27.4. The molecule has 1 aliphatic heterocycles. The first kappa shape index (κ1) is 27.1. The van der Waals surface area contributed by atoms with Crippen molar-refractivity contribution in [2.45, 2.75) is 33.4 Å². The summed E-state index contributed by atoms with van der Waals surface area (Å²) in [4.78, 5) is 32.6. The van der Waals surface area contributed by atoms with E-state index in [1.54, 1.807) is 23.9 Å². The van der Waals surface area contributed by atoms with Gasteiger partial charge in [0, 0.05) is 35.4 Å². The largest absolute Gasteiger partial charge is 0.486 e. The van der Waals surface area contributed by atoms with E-state index in [1.807, 2.05) is 41.3 Å². The van der Waals surface area contributed by atoms with Crippen LogP contribution in [0.2, 0.25) is 5.02 Å². The molecule has 3 aromatic heterocycles. The third-order valence-corrected chi connectivity index (χ3v) is 8.25. The predicted molar refractivity (Wildman–Crippen MR) is 157 cm³/mol. The molecule has 0 spiro atoms. The molecule has 0 saturated carbocycles. The third-order valence-electron chi connectivity index (χ3n) is 6.83. The van der Waals surface area contributed by atoms with Crippen LogP contribution in [0, 0.1) is 0 Å². The average molecular weight is 563 g/mol. The second-order valence-electron chi connectivity index (χ2n) is 9.33. The summed E-state index contributed by atoms with van der Waals surface area (Å²) in [6, 6.07) is 11.3. The lowest BCUT2D eigenvalue weighted by Crippen LogP contribution is -2.39. The quantitative estimate of drug-likeness (QED) is 0.243. The number of aromatic nitrogens is 3. The average Bonchev–Trinajstić information content (AvgIpc) is 3.34. The first-order valence-electron chi connectivity index (χ1n) is 13.0. The summed E-state index contributed by atoms with van der Waals surface area (Å²) in [6.07, 6.45) is 4.04. The number of pyridine rings is 1. The fourth-order valence-corrected chi connectivity index (χ4v) is 6.11. The minimum atomic E-state index is 0.0226. The molecule has 1 aromatic carbocycles. The number of fused-ring (bicyclic) bond motifs is 3. The Balaban J connectivity index is 1.31. The number of hydrogen-bond donors (Lipinski definition) is 1. The molecule has 10 heteroatoms. The maximum absolute atomic E-state index is 13.1. The van der Waals surface area contributed by atoms with Gasteiger partial charge in [-0.3, -0.25) is 14.7 Å². The lowest BCUT2D eigenvalue weighted by molar-refractivity contribution is -0.128. The molecule has 5 rings (SSSR count). The van der Waals surface area contributed by atoms with Gasteiger partial charge in [-0.1, -0.05) is 38.1 Å². The molecular weight excluding hydrogens is 532 g/mol. The molecule has 39 heavy (non-hydrogen) atoms. The number of likely N-dealkylation sites (N-methyl/N-ethyl adjacent to an activating group) is 1. The number of amides is 1. The highest BCUT2D eigenvalue weighted by molar-refractivity contribution is 7.19. The Morgan fingerprint density at radius 2 is 2.05 bits per heavy atom. The van der Waals surface area contributed by atoms with Crippen molar-refractivity contribution in [3.05, 3.63) is 82.2 Å². The number of hydrogen-bond acceptors (Lipinski definition) is 8. The van der Waals surface area contributed by atoms with Gasteiger partial charge >= 0.3 is 0 Å². The number of ether oxygens (including phenoxy) is 1. The van der Waals surface area contributed by atoms with Crippen molar-refractivity contribution in [3.8, 4) is 5.75 Å². The van der Waals surface area contributed by atoms with E-state index in [0.29, 0.717) is 42.6 Å². The van der Waals surface area contributed by atoms with Crippen LogP contribution >= 0.6 is 22.9 Å². The molecule has 4 heterocycles. The Bertz CT molecular complexity index is 1490. The van der Waals surface area contributed by atoms with Crippen LogP contribution < -0.4 is 10.1 Å². The first-order valence-corrected chi connectivity index (χ1v) is 14.2. The number of anilines is 2. The van der Waals surface area contributed by atoms with Gasteiger partial charge in [-0.25, -0.2) is 9.97 Å². The number of halogens is 1. The van der Waals surface area contributed by atoms with Gasteiger partial charge < -0.3 is 15.0 Å². The lowest BCUT2D eigenvalue weighted by atomic mass is 10.0. The second-order valence-corrected chi connectivity index (χ2v) is 10.8. The first-order chi connectivity index (χ1) is 19.0. The fourth-order valence-electron chi connectivity index (χ4n) is 4.67. The second kappa shape index (κ2) is 12.1. The van der Waals surface area contributed by atoms with Crippen molar-refractivity contribution in [3.63, 3.8) is 0 Å². The van der Waals surface area contributed by atoms with E-state index in [4.69, 9.17) is 16.3 Å². The number of benzene rings is 1. The van der Waals surface area contributed by atoms with Crippen molar-refractivity contribution in [1.82, 2.24) is 24.8 Å². The topological polar surface area (TPSA) is 83.5 Å². The Kier molecular flexibility index (Phi) is 8.40. The summed E-state index contributed by atoms with van der Waals surface area (Å²) in [7, 11) is 0. The zero-order valence-corrected chi connectivity index (χ0v) is 23.7. The van der Waals surface area contributed by atoms with Crippen LogP contribution in [0.25, 0.3) is 10.2 Å². The molecule has 0 bridgehead atoms. The Hall–Kier alpha value is -3.53. The SMILES string of the molecule is C=C(CN(CC)CC)C(=O)N1CCc2c(sc3ncnc(Nc4ccc(OCc5ccccn5)c(Cl)c4)c23)C1. The van der Waals surface area contributed by atoms with E-state index in [-0.39, 0.29) is 5.91 Å². The van der Waals surface area contributed by atoms with Gasteiger partial charge in [0.05, 0.1) is 22.6 Å². The smallest absolute Gasteiger partial charge is 0.250 e. The summed E-state index contributed by atoms with van der Waals surface area (Å²) in [6.45, 7) is 12.2. The number of nitrogens with zero attached hydrogens (tertiary/aromatic N) is 5. The van der Waals surface area contributed by atoms with E-state index in [2.05, 4.69) is 45.6 Å². The van der Waals surface area contributed by atoms with Gasteiger partial charge in [0.25, 0.3) is 5.91 Å². The molecule has 8 nitrogen and oxygen atoms in total. The molecule has 202 valence electrons. The Labute approximate surface area is 237 Å². The molecule has 0 atom stereocenters. The van der Waals surface area contributed by atoms with Gasteiger partial charge in [-0.05, 0) is 55.4 Å². The highest BCUT2D eigenvalue weighted by Gasteiger charge is 2.27. The monoisotopic (exact) mass is 562 g/mol. The van der Waals surface area contributed by atoms with Gasteiger partial charge in [0.15, 0.2) is 0 Å². The van der Waals surface area contributed by atoms with E-state index in [0.717, 1.165) is 51.8 Å². The normalized spacial score (nSPS) is 13.0. The fraction of sp³-hybridized carbons (Fsp3) is 0.310. The Morgan fingerprint density at radius 1 is 1.21 bits per heavy atom. The summed E-state index contributed by atoms with van der Waals surface area (Å²) in [5, 5.41) is 4.91. The highest BCUT2D eigenvalue weighted by atomic mass is 35.5. The molecule has 4 aromatic rings. The molecule has 0 fully saturated rings. The maximum Gasteiger partial charge on any atom is 0.250 e. The van der Waals surface area contributed by atoms with Crippen LogP contribution in [0.5, 0.6) is 5.75 Å². The van der Waals surface area contributed by atoms with E-state index >= 15 is 0 Å². The molecule has 0 saturated heterocycles. The predicted octanol–water partition coefficient (Wildman–Crippen LogP) is 5.85. The van der Waals surface area contributed by atoms with E-state index in [9.17, 15) is 4.79 Å². The van der Waals surface area contributed by atoms with Crippen LogP contribution in [-0.4, -0.2) is 56.8 Å². The van der Waals surface area contributed by atoms with Crippen LogP contribution in [0.15, 0.2) is 61.1 Å². The Morgan fingerprint density at radius 3 is 2.79 bits per heavy atom. The van der Waals surface area contributed by atoms with E-state index < -0.39 is 0 Å². The van der Waals surface area contributed by atoms with Crippen molar-refractivity contribution < 1.29 is 9.53 Å². The number of rotatable bonds is 10. The van der Waals surface area contributed by atoms with Crippen LogP contribution in [0.1, 0.15) is 30.0 Å². The third kappa shape index (κ3) is 6.06. The van der Waals surface area contributed by atoms with Gasteiger partial charge in [0.2, 0.25) is 0 Å². The summed E-state index contributed by atoms with van der Waals surface area (Å²) < 4.78 is 5.85. The van der Waals surface area contributed by atoms with Crippen LogP contribution in [0.3, 0.4) is 0 Å². The van der Waals surface area contributed by atoms with Gasteiger partial charge in [0.1, 0.15) is 29.3 Å². The lowest BCUT2D eigenvalue weighted by Gasteiger charge is -2.29. The number of nitrogens with one attached hydrogen (secondary N) is 1.